The summed E-state index contributed by atoms with van der Waals surface area (Å²) in [4.78, 5) is 21.0. The van der Waals surface area contributed by atoms with E-state index in [1.165, 1.54) is 35.4 Å². The first-order valence-corrected chi connectivity index (χ1v) is 12.2. The van der Waals surface area contributed by atoms with Crippen LogP contribution in [-0.4, -0.2) is 47.2 Å². The number of thiazole rings is 1. The minimum Gasteiger partial charge on any atom is -0.506 e. The van der Waals surface area contributed by atoms with E-state index in [-0.39, 0.29) is 22.8 Å². The SMILES string of the molecule is O=C(CSc1nc2ccc(N=Cc3cc(Cl)cc(Cl)c3O)cc2s1)NCC1CCCO1. The maximum absolute atomic E-state index is 12.1. The van der Waals surface area contributed by atoms with E-state index in [0.29, 0.717) is 28.6 Å². The van der Waals surface area contributed by atoms with Crippen molar-refractivity contribution in [2.75, 3.05) is 18.9 Å². The molecule has 0 aliphatic carbocycles. The number of amides is 1. The molecule has 1 aliphatic heterocycles. The van der Waals surface area contributed by atoms with Gasteiger partial charge in [0.2, 0.25) is 5.91 Å². The molecule has 3 aromatic rings. The monoisotopic (exact) mass is 495 g/mol. The number of ether oxygens (including phenoxy) is 1. The van der Waals surface area contributed by atoms with Gasteiger partial charge in [-0.2, -0.15) is 0 Å². The van der Waals surface area contributed by atoms with E-state index in [1.54, 1.807) is 6.07 Å². The third-order valence-electron chi connectivity index (χ3n) is 4.64. The van der Waals surface area contributed by atoms with Gasteiger partial charge in [0.1, 0.15) is 5.75 Å². The Morgan fingerprint density at radius 1 is 1.39 bits per heavy atom. The standard InChI is InChI=1S/C21H19Cl2N3O3S2/c22-13-6-12(20(28)16(23)7-13)9-24-14-3-4-17-18(8-14)31-21(26-17)30-11-19(27)25-10-15-2-1-5-29-15/h3-4,6-9,15,28H,1-2,5,10-11H2,(H,25,27). The number of carbonyl (C=O) groups is 1. The molecule has 1 aliphatic rings. The number of aromatic nitrogens is 1. The Morgan fingerprint density at radius 2 is 2.26 bits per heavy atom. The van der Waals surface area contributed by atoms with Gasteiger partial charge in [-0.15, -0.1) is 11.3 Å². The van der Waals surface area contributed by atoms with E-state index >= 15 is 0 Å². The molecule has 0 saturated carbocycles. The van der Waals surface area contributed by atoms with Gasteiger partial charge in [0.05, 0.1) is 32.8 Å². The Kier molecular flexibility index (Phi) is 7.35. The summed E-state index contributed by atoms with van der Waals surface area (Å²) in [5, 5.41) is 13.6. The van der Waals surface area contributed by atoms with Gasteiger partial charge in [-0.1, -0.05) is 35.0 Å². The van der Waals surface area contributed by atoms with E-state index in [0.717, 1.165) is 34.0 Å². The van der Waals surface area contributed by atoms with E-state index in [2.05, 4.69) is 15.3 Å². The van der Waals surface area contributed by atoms with Crippen molar-refractivity contribution >= 4 is 74.3 Å². The highest BCUT2D eigenvalue weighted by molar-refractivity contribution is 8.01. The summed E-state index contributed by atoms with van der Waals surface area (Å²) in [6.45, 7) is 1.34. The highest BCUT2D eigenvalue weighted by atomic mass is 35.5. The number of hydrogen-bond acceptors (Lipinski definition) is 7. The Labute approximate surface area is 197 Å². The summed E-state index contributed by atoms with van der Waals surface area (Å²) < 4.78 is 7.30. The van der Waals surface area contributed by atoms with Crippen molar-refractivity contribution < 1.29 is 14.6 Å². The van der Waals surface area contributed by atoms with Crippen LogP contribution in [0.15, 0.2) is 39.7 Å². The van der Waals surface area contributed by atoms with Gasteiger partial charge >= 0.3 is 0 Å². The number of carbonyl (C=O) groups excluding carboxylic acids is 1. The number of nitrogens with zero attached hydrogens (tertiary/aromatic N) is 2. The van der Waals surface area contributed by atoms with Crippen molar-refractivity contribution in [3.63, 3.8) is 0 Å². The van der Waals surface area contributed by atoms with Crippen LogP contribution < -0.4 is 5.32 Å². The summed E-state index contributed by atoms with van der Waals surface area (Å²) in [6.07, 6.45) is 3.71. The minimum atomic E-state index is -0.0647. The second kappa shape index (κ2) is 10.2. The molecule has 162 valence electrons. The van der Waals surface area contributed by atoms with E-state index in [1.807, 2.05) is 18.2 Å². The Morgan fingerprint density at radius 3 is 3.06 bits per heavy atom. The lowest BCUT2D eigenvalue weighted by molar-refractivity contribution is -0.119. The van der Waals surface area contributed by atoms with Crippen molar-refractivity contribution in [2.45, 2.75) is 23.3 Å². The summed E-state index contributed by atoms with van der Waals surface area (Å²) in [6, 6.07) is 8.70. The highest BCUT2D eigenvalue weighted by Crippen LogP contribution is 2.33. The van der Waals surface area contributed by atoms with E-state index in [4.69, 9.17) is 27.9 Å². The first-order chi connectivity index (χ1) is 15.0. The number of phenols is 1. The summed E-state index contributed by atoms with van der Waals surface area (Å²) in [5.41, 5.74) is 1.99. The number of halogens is 2. The van der Waals surface area contributed by atoms with E-state index < -0.39 is 0 Å². The second-order valence-electron chi connectivity index (χ2n) is 6.94. The maximum atomic E-state index is 12.1. The third-order valence-corrected chi connectivity index (χ3v) is 7.31. The van der Waals surface area contributed by atoms with Crippen molar-refractivity contribution in [2.24, 2.45) is 4.99 Å². The Bertz CT molecular complexity index is 1130. The summed E-state index contributed by atoms with van der Waals surface area (Å²) in [7, 11) is 0. The normalized spacial score (nSPS) is 16.4. The van der Waals surface area contributed by atoms with Crippen LogP contribution in [0.2, 0.25) is 10.0 Å². The van der Waals surface area contributed by atoms with Gasteiger partial charge < -0.3 is 15.2 Å². The molecule has 1 amide bonds. The average Bonchev–Trinajstić information content (AvgIpc) is 3.41. The Hall–Kier alpha value is -1.84. The van der Waals surface area contributed by atoms with Crippen LogP contribution in [0.1, 0.15) is 18.4 Å². The molecule has 1 fully saturated rings. The first-order valence-electron chi connectivity index (χ1n) is 9.62. The summed E-state index contributed by atoms with van der Waals surface area (Å²) >= 11 is 14.9. The van der Waals surface area contributed by atoms with Crippen LogP contribution in [0.5, 0.6) is 5.75 Å². The molecule has 10 heteroatoms. The fourth-order valence-electron chi connectivity index (χ4n) is 3.07. The van der Waals surface area contributed by atoms with Crippen molar-refractivity contribution in [3.8, 4) is 5.75 Å². The molecule has 0 bridgehead atoms. The van der Waals surface area contributed by atoms with Crippen LogP contribution in [0, 0.1) is 0 Å². The number of thioether (sulfide) groups is 1. The molecule has 6 nitrogen and oxygen atoms in total. The van der Waals surface area contributed by atoms with Gasteiger partial charge in [0, 0.05) is 30.0 Å². The van der Waals surface area contributed by atoms with Crippen LogP contribution in [0.3, 0.4) is 0 Å². The van der Waals surface area contributed by atoms with Crippen molar-refractivity contribution in [1.82, 2.24) is 10.3 Å². The summed E-state index contributed by atoms with van der Waals surface area (Å²) in [5.74, 6) is 0.224. The molecule has 2 N–H and O–H groups in total. The number of benzene rings is 2. The molecule has 1 aromatic heterocycles. The topological polar surface area (TPSA) is 83.8 Å². The van der Waals surface area contributed by atoms with Gasteiger partial charge in [0.25, 0.3) is 0 Å². The van der Waals surface area contributed by atoms with Crippen molar-refractivity contribution in [1.29, 1.82) is 0 Å². The molecule has 1 unspecified atom stereocenters. The minimum absolute atomic E-state index is 0.0231. The molecular weight excluding hydrogens is 477 g/mol. The number of fused-ring (bicyclic) bond motifs is 1. The molecular formula is C21H19Cl2N3O3S2. The van der Waals surface area contributed by atoms with Crippen LogP contribution in [0.25, 0.3) is 10.2 Å². The number of aromatic hydroxyl groups is 1. The zero-order valence-electron chi connectivity index (χ0n) is 16.3. The third kappa shape index (κ3) is 5.90. The van der Waals surface area contributed by atoms with Gasteiger partial charge in [-0.3, -0.25) is 9.79 Å². The van der Waals surface area contributed by atoms with Crippen LogP contribution >= 0.6 is 46.3 Å². The van der Waals surface area contributed by atoms with Gasteiger partial charge in [0.15, 0.2) is 4.34 Å². The molecule has 2 aromatic carbocycles. The molecule has 4 rings (SSSR count). The van der Waals surface area contributed by atoms with E-state index in [9.17, 15) is 9.90 Å². The lowest BCUT2D eigenvalue weighted by Crippen LogP contribution is -2.32. The number of phenolic OH excluding ortho intramolecular Hbond substituents is 1. The van der Waals surface area contributed by atoms with Crippen molar-refractivity contribution in [3.05, 3.63) is 45.9 Å². The van der Waals surface area contributed by atoms with Gasteiger partial charge in [-0.05, 0) is 43.2 Å². The number of aliphatic imine (C=N–C) groups is 1. The smallest absolute Gasteiger partial charge is 0.230 e. The predicted molar refractivity (Wildman–Crippen MR) is 128 cm³/mol. The fraction of sp³-hybridized carbons (Fsp3) is 0.286. The zero-order chi connectivity index (χ0) is 21.8. The lowest BCUT2D eigenvalue weighted by atomic mass is 10.2. The largest absolute Gasteiger partial charge is 0.506 e. The number of rotatable bonds is 7. The zero-order valence-corrected chi connectivity index (χ0v) is 19.5. The Balaban J connectivity index is 1.38. The number of nitrogens with one attached hydrogen (secondary N) is 1. The molecule has 1 saturated heterocycles. The second-order valence-corrected chi connectivity index (χ2v) is 10.0. The van der Waals surface area contributed by atoms with Crippen LogP contribution in [0.4, 0.5) is 5.69 Å². The molecule has 1 atom stereocenters. The maximum Gasteiger partial charge on any atom is 0.230 e. The molecule has 31 heavy (non-hydrogen) atoms. The molecule has 0 spiro atoms. The lowest BCUT2D eigenvalue weighted by Gasteiger charge is -2.09. The molecule has 2 heterocycles. The highest BCUT2D eigenvalue weighted by Gasteiger charge is 2.16. The first kappa shape index (κ1) is 22.4. The van der Waals surface area contributed by atoms with Crippen LogP contribution in [-0.2, 0) is 9.53 Å². The fourth-order valence-corrected chi connectivity index (χ4v) is 5.51. The number of hydrogen-bond donors (Lipinski definition) is 2. The molecule has 0 radical (unpaired) electrons. The predicted octanol–water partition coefficient (Wildman–Crippen LogP) is 5.45. The quantitative estimate of drug-likeness (QED) is 0.336. The van der Waals surface area contributed by atoms with Gasteiger partial charge in [-0.25, -0.2) is 4.98 Å². The average molecular weight is 496 g/mol.